The molecule has 0 radical (unpaired) electrons. The fourth-order valence-electron chi connectivity index (χ4n) is 4.18. The Morgan fingerprint density at radius 2 is 1.75 bits per heavy atom. The molecule has 0 saturated heterocycles. The second-order valence-corrected chi connectivity index (χ2v) is 7.58. The molecule has 0 saturated carbocycles. The molecule has 164 valence electrons. The van der Waals surface area contributed by atoms with Gasteiger partial charge in [-0.15, -0.1) is 0 Å². The summed E-state index contributed by atoms with van der Waals surface area (Å²) in [5.74, 6) is 0.142. The van der Waals surface area contributed by atoms with E-state index in [1.807, 2.05) is 66.7 Å². The number of urea groups is 1. The van der Waals surface area contributed by atoms with Crippen molar-refractivity contribution in [1.29, 1.82) is 0 Å². The second kappa shape index (κ2) is 9.14. The van der Waals surface area contributed by atoms with Crippen LogP contribution in [0.2, 0.25) is 0 Å². The summed E-state index contributed by atoms with van der Waals surface area (Å²) in [7, 11) is 1.58. The monoisotopic (exact) mass is 430 g/mol. The minimum absolute atomic E-state index is 0.238. The highest BCUT2D eigenvalue weighted by molar-refractivity contribution is 5.98. The Morgan fingerprint density at radius 1 is 1.03 bits per heavy atom. The van der Waals surface area contributed by atoms with E-state index in [0.717, 1.165) is 21.9 Å². The van der Waals surface area contributed by atoms with Crippen LogP contribution >= 0.6 is 0 Å². The SMILES string of the molecule is CCOC(=O)C1=C(C)N(Cc2ccccc2)C(=O)N[C@@H]1c1c(OC)ccc2ccccc12. The van der Waals surface area contributed by atoms with Gasteiger partial charge < -0.3 is 14.8 Å². The third-order valence-electron chi connectivity index (χ3n) is 5.71. The number of ether oxygens (including phenoxy) is 2. The molecule has 1 aliphatic rings. The zero-order valence-corrected chi connectivity index (χ0v) is 18.4. The molecule has 3 aromatic carbocycles. The van der Waals surface area contributed by atoms with Crippen LogP contribution in [0.15, 0.2) is 78.0 Å². The highest BCUT2D eigenvalue weighted by Crippen LogP contribution is 2.40. The van der Waals surface area contributed by atoms with Crippen molar-refractivity contribution in [3.8, 4) is 5.75 Å². The molecule has 1 aliphatic heterocycles. The van der Waals surface area contributed by atoms with Crippen LogP contribution in [-0.2, 0) is 16.1 Å². The van der Waals surface area contributed by atoms with Crippen LogP contribution in [-0.4, -0.2) is 30.6 Å². The van der Waals surface area contributed by atoms with Gasteiger partial charge in [0.05, 0.1) is 31.9 Å². The van der Waals surface area contributed by atoms with Crippen molar-refractivity contribution in [3.05, 3.63) is 89.1 Å². The predicted octanol–water partition coefficient (Wildman–Crippen LogP) is 4.95. The fourth-order valence-corrected chi connectivity index (χ4v) is 4.18. The van der Waals surface area contributed by atoms with Crippen molar-refractivity contribution in [3.63, 3.8) is 0 Å². The Kier molecular flexibility index (Phi) is 6.12. The Bertz CT molecular complexity index is 1190. The first kappa shape index (κ1) is 21.4. The number of esters is 1. The molecule has 1 N–H and O–H groups in total. The van der Waals surface area contributed by atoms with Gasteiger partial charge in [-0.1, -0.05) is 60.7 Å². The minimum Gasteiger partial charge on any atom is -0.496 e. The van der Waals surface area contributed by atoms with E-state index in [4.69, 9.17) is 9.47 Å². The first-order valence-electron chi connectivity index (χ1n) is 10.6. The summed E-state index contributed by atoms with van der Waals surface area (Å²) in [4.78, 5) is 28.0. The van der Waals surface area contributed by atoms with E-state index in [9.17, 15) is 9.59 Å². The number of hydrogen-bond donors (Lipinski definition) is 1. The van der Waals surface area contributed by atoms with Crippen LogP contribution in [0.4, 0.5) is 4.79 Å². The number of amides is 2. The Labute approximate surface area is 187 Å². The fraction of sp³-hybridized carbons (Fsp3) is 0.231. The van der Waals surface area contributed by atoms with Gasteiger partial charge in [0.1, 0.15) is 5.75 Å². The topological polar surface area (TPSA) is 67.9 Å². The number of carbonyl (C=O) groups is 2. The number of fused-ring (bicyclic) bond motifs is 1. The maximum absolute atomic E-state index is 13.2. The zero-order chi connectivity index (χ0) is 22.7. The molecule has 0 spiro atoms. The van der Waals surface area contributed by atoms with Gasteiger partial charge in [-0.25, -0.2) is 9.59 Å². The quantitative estimate of drug-likeness (QED) is 0.562. The number of hydrogen-bond acceptors (Lipinski definition) is 4. The average Bonchev–Trinajstić information content (AvgIpc) is 2.81. The molecule has 0 fully saturated rings. The van der Waals surface area contributed by atoms with Crippen molar-refractivity contribution in [2.24, 2.45) is 0 Å². The summed E-state index contributed by atoms with van der Waals surface area (Å²) >= 11 is 0. The average molecular weight is 431 g/mol. The number of benzene rings is 3. The normalized spacial score (nSPS) is 16.2. The molecule has 6 nitrogen and oxygen atoms in total. The smallest absolute Gasteiger partial charge is 0.338 e. The largest absolute Gasteiger partial charge is 0.496 e. The van der Waals surface area contributed by atoms with E-state index in [1.165, 1.54) is 0 Å². The molecule has 0 bridgehead atoms. The van der Waals surface area contributed by atoms with Crippen LogP contribution < -0.4 is 10.1 Å². The van der Waals surface area contributed by atoms with Gasteiger partial charge in [-0.3, -0.25) is 4.90 Å². The lowest BCUT2D eigenvalue weighted by Gasteiger charge is -2.36. The Balaban J connectivity index is 1.88. The molecule has 4 rings (SSSR count). The van der Waals surface area contributed by atoms with Crippen molar-refractivity contribution < 1.29 is 19.1 Å². The number of allylic oxidation sites excluding steroid dienone is 1. The van der Waals surface area contributed by atoms with Crippen molar-refractivity contribution in [2.45, 2.75) is 26.4 Å². The summed E-state index contributed by atoms with van der Waals surface area (Å²) < 4.78 is 11.1. The number of nitrogens with one attached hydrogen (secondary N) is 1. The van der Waals surface area contributed by atoms with Gasteiger partial charge in [0.25, 0.3) is 0 Å². The summed E-state index contributed by atoms with van der Waals surface area (Å²) in [6, 6.07) is 20.4. The molecular weight excluding hydrogens is 404 g/mol. The van der Waals surface area contributed by atoms with E-state index in [-0.39, 0.29) is 12.6 Å². The van der Waals surface area contributed by atoms with Crippen LogP contribution in [0, 0.1) is 0 Å². The summed E-state index contributed by atoms with van der Waals surface area (Å²) in [6.45, 7) is 4.14. The van der Waals surface area contributed by atoms with Crippen molar-refractivity contribution in [1.82, 2.24) is 10.2 Å². The summed E-state index contributed by atoms with van der Waals surface area (Å²) in [6.07, 6.45) is 0. The van der Waals surface area contributed by atoms with Gasteiger partial charge in [-0.05, 0) is 36.2 Å². The molecule has 2 amide bonds. The van der Waals surface area contributed by atoms with Gasteiger partial charge in [-0.2, -0.15) is 0 Å². The highest BCUT2D eigenvalue weighted by atomic mass is 16.5. The van der Waals surface area contributed by atoms with E-state index < -0.39 is 12.0 Å². The zero-order valence-electron chi connectivity index (χ0n) is 18.4. The van der Waals surface area contributed by atoms with Crippen LogP contribution in [0.3, 0.4) is 0 Å². The first-order chi connectivity index (χ1) is 15.5. The second-order valence-electron chi connectivity index (χ2n) is 7.58. The Hall–Kier alpha value is -3.80. The minimum atomic E-state index is -0.699. The standard InChI is InChI=1S/C26H26N2O4/c1-4-32-25(29)22-17(2)28(16-18-10-6-5-7-11-18)26(30)27-24(22)23-20-13-9-8-12-19(20)14-15-21(23)31-3/h5-15,24H,4,16H2,1-3H3,(H,27,30)/t24-/m0/s1. The summed E-state index contributed by atoms with van der Waals surface area (Å²) in [5.41, 5.74) is 2.67. The lowest BCUT2D eigenvalue weighted by atomic mass is 9.90. The molecular formula is C26H26N2O4. The molecule has 32 heavy (non-hydrogen) atoms. The third kappa shape index (κ3) is 3.91. The molecule has 1 heterocycles. The lowest BCUT2D eigenvalue weighted by Crippen LogP contribution is -2.47. The lowest BCUT2D eigenvalue weighted by molar-refractivity contribution is -0.139. The van der Waals surface area contributed by atoms with Gasteiger partial charge in [0.2, 0.25) is 0 Å². The molecule has 6 heteroatoms. The van der Waals surface area contributed by atoms with Crippen molar-refractivity contribution in [2.75, 3.05) is 13.7 Å². The number of nitrogens with zero attached hydrogens (tertiary/aromatic N) is 1. The maximum atomic E-state index is 13.2. The Morgan fingerprint density at radius 3 is 2.47 bits per heavy atom. The molecule has 0 aliphatic carbocycles. The number of carbonyl (C=O) groups excluding carboxylic acids is 2. The van der Waals surface area contributed by atoms with Gasteiger partial charge in [0, 0.05) is 11.3 Å². The van der Waals surface area contributed by atoms with E-state index in [0.29, 0.717) is 23.6 Å². The maximum Gasteiger partial charge on any atom is 0.338 e. The van der Waals surface area contributed by atoms with Crippen LogP contribution in [0.1, 0.15) is 31.0 Å². The third-order valence-corrected chi connectivity index (χ3v) is 5.71. The van der Waals surface area contributed by atoms with Crippen LogP contribution in [0.25, 0.3) is 10.8 Å². The van der Waals surface area contributed by atoms with Gasteiger partial charge >= 0.3 is 12.0 Å². The van der Waals surface area contributed by atoms with E-state index in [2.05, 4.69) is 5.32 Å². The first-order valence-corrected chi connectivity index (χ1v) is 10.6. The number of methoxy groups -OCH3 is 1. The predicted molar refractivity (Wildman–Crippen MR) is 123 cm³/mol. The summed E-state index contributed by atoms with van der Waals surface area (Å²) in [5, 5.41) is 4.93. The van der Waals surface area contributed by atoms with Crippen LogP contribution in [0.5, 0.6) is 5.75 Å². The van der Waals surface area contributed by atoms with E-state index in [1.54, 1.807) is 25.9 Å². The number of rotatable bonds is 6. The van der Waals surface area contributed by atoms with Gasteiger partial charge in [0.15, 0.2) is 0 Å². The molecule has 3 aromatic rings. The van der Waals surface area contributed by atoms with E-state index >= 15 is 0 Å². The van der Waals surface area contributed by atoms with Crippen molar-refractivity contribution >= 4 is 22.8 Å². The molecule has 0 aromatic heterocycles. The highest BCUT2D eigenvalue weighted by Gasteiger charge is 2.38. The molecule has 1 atom stereocenters. The molecule has 0 unspecified atom stereocenters.